The normalized spacial score (nSPS) is 20.7. The van der Waals surface area contributed by atoms with Crippen LogP contribution in [0.3, 0.4) is 0 Å². The molecule has 0 N–H and O–H groups in total. The third-order valence-electron chi connectivity index (χ3n) is 6.18. The maximum absolute atomic E-state index is 12.5. The van der Waals surface area contributed by atoms with Crippen LogP contribution >= 0.6 is 0 Å². The molecule has 1 aliphatic heterocycles. The Bertz CT molecular complexity index is 1050. The summed E-state index contributed by atoms with van der Waals surface area (Å²) in [4.78, 5) is 19.0. The van der Waals surface area contributed by atoms with Crippen LogP contribution in [-0.4, -0.2) is 39.5 Å². The average Bonchev–Trinajstić information content (AvgIpc) is 3.41. The lowest BCUT2D eigenvalue weighted by Crippen LogP contribution is -2.36. The van der Waals surface area contributed by atoms with Gasteiger partial charge in [-0.3, -0.25) is 9.48 Å². The van der Waals surface area contributed by atoms with Crippen LogP contribution in [-0.2, 0) is 17.3 Å². The van der Waals surface area contributed by atoms with Gasteiger partial charge in [0.05, 0.1) is 30.3 Å². The van der Waals surface area contributed by atoms with E-state index in [9.17, 15) is 4.79 Å². The van der Waals surface area contributed by atoms with Gasteiger partial charge in [0.2, 0.25) is 11.8 Å². The third-order valence-corrected chi connectivity index (χ3v) is 6.18. The van der Waals surface area contributed by atoms with E-state index in [1.54, 1.807) is 22.9 Å². The van der Waals surface area contributed by atoms with E-state index in [2.05, 4.69) is 22.4 Å². The Balaban J connectivity index is 1.41. The molecule has 150 valence electrons. The Morgan fingerprint density at radius 3 is 2.86 bits per heavy atom. The number of hydrogen-bond donors (Lipinski definition) is 0. The van der Waals surface area contributed by atoms with Gasteiger partial charge in [0.15, 0.2) is 5.82 Å². The number of anilines is 1. The van der Waals surface area contributed by atoms with Gasteiger partial charge in [-0.05, 0) is 30.5 Å². The number of aryl methyl sites for hydroxylation is 1. The van der Waals surface area contributed by atoms with Crippen LogP contribution in [0.5, 0.6) is 5.75 Å². The average molecular weight is 393 g/mol. The van der Waals surface area contributed by atoms with Crippen LogP contribution in [0.4, 0.5) is 5.69 Å². The van der Waals surface area contributed by atoms with Crippen molar-refractivity contribution in [2.45, 2.75) is 37.0 Å². The molecule has 2 aliphatic rings. The summed E-state index contributed by atoms with van der Waals surface area (Å²) in [5, 5.41) is 8.50. The van der Waals surface area contributed by atoms with E-state index in [1.807, 2.05) is 25.4 Å². The van der Waals surface area contributed by atoms with Gasteiger partial charge >= 0.3 is 0 Å². The first kappa shape index (κ1) is 17.9. The highest BCUT2D eigenvalue weighted by molar-refractivity contribution is 5.96. The number of ether oxygens (including phenoxy) is 1. The van der Waals surface area contributed by atoms with Crippen molar-refractivity contribution in [2.75, 3.05) is 18.6 Å². The number of benzene rings is 1. The Labute approximate surface area is 168 Å². The van der Waals surface area contributed by atoms with E-state index in [-0.39, 0.29) is 17.2 Å². The van der Waals surface area contributed by atoms with Crippen LogP contribution < -0.4 is 9.64 Å². The van der Waals surface area contributed by atoms with Crippen molar-refractivity contribution >= 4 is 11.6 Å². The fourth-order valence-corrected chi connectivity index (χ4v) is 4.36. The highest BCUT2D eigenvalue weighted by atomic mass is 16.5. The SMILES string of the molecule is COc1cccc(C2(c3noc(C4CC(=O)N(c5cnn(C)c5)C4)n3)CCC2)c1. The molecule has 0 spiro atoms. The molecule has 2 aromatic heterocycles. The van der Waals surface area contributed by atoms with Crippen molar-refractivity contribution in [3.05, 3.63) is 53.9 Å². The molecule has 1 unspecified atom stereocenters. The van der Waals surface area contributed by atoms with Gasteiger partial charge in [0.1, 0.15) is 5.75 Å². The molecule has 1 aliphatic carbocycles. The van der Waals surface area contributed by atoms with Gasteiger partial charge in [-0.1, -0.05) is 23.7 Å². The zero-order valence-corrected chi connectivity index (χ0v) is 16.5. The Morgan fingerprint density at radius 1 is 1.31 bits per heavy atom. The molecule has 5 rings (SSSR count). The van der Waals surface area contributed by atoms with Gasteiger partial charge < -0.3 is 14.2 Å². The Kier molecular flexibility index (Phi) is 4.15. The lowest BCUT2D eigenvalue weighted by atomic mass is 9.64. The molecule has 3 heterocycles. The summed E-state index contributed by atoms with van der Waals surface area (Å²) in [6, 6.07) is 8.09. The summed E-state index contributed by atoms with van der Waals surface area (Å²) in [6.07, 6.45) is 6.98. The van der Waals surface area contributed by atoms with E-state index < -0.39 is 0 Å². The van der Waals surface area contributed by atoms with E-state index >= 15 is 0 Å². The van der Waals surface area contributed by atoms with E-state index in [1.165, 1.54) is 0 Å². The summed E-state index contributed by atoms with van der Waals surface area (Å²) >= 11 is 0. The lowest BCUT2D eigenvalue weighted by Gasteiger charge is -2.39. The van der Waals surface area contributed by atoms with Crippen LogP contribution in [0.1, 0.15) is 48.9 Å². The number of nitrogens with zero attached hydrogens (tertiary/aromatic N) is 5. The topological polar surface area (TPSA) is 86.3 Å². The molecule has 3 aromatic rings. The maximum atomic E-state index is 12.5. The number of carbonyl (C=O) groups is 1. The zero-order chi connectivity index (χ0) is 20.0. The maximum Gasteiger partial charge on any atom is 0.232 e. The molecule has 8 heteroatoms. The summed E-state index contributed by atoms with van der Waals surface area (Å²) < 4.78 is 12.7. The van der Waals surface area contributed by atoms with Gasteiger partial charge in [0, 0.05) is 26.2 Å². The Hall–Kier alpha value is -3.16. The number of rotatable bonds is 5. The van der Waals surface area contributed by atoms with Crippen molar-refractivity contribution < 1.29 is 14.1 Å². The summed E-state index contributed by atoms with van der Waals surface area (Å²) in [5.74, 6) is 2.01. The van der Waals surface area contributed by atoms with Crippen molar-refractivity contribution in [1.29, 1.82) is 0 Å². The van der Waals surface area contributed by atoms with Crippen LogP contribution in [0.25, 0.3) is 0 Å². The van der Waals surface area contributed by atoms with Crippen molar-refractivity contribution in [3.63, 3.8) is 0 Å². The molecule has 8 nitrogen and oxygen atoms in total. The summed E-state index contributed by atoms with van der Waals surface area (Å²) in [7, 11) is 3.51. The Morgan fingerprint density at radius 2 is 2.17 bits per heavy atom. The second-order valence-corrected chi connectivity index (χ2v) is 7.90. The van der Waals surface area contributed by atoms with Crippen LogP contribution in [0, 0.1) is 0 Å². The summed E-state index contributed by atoms with van der Waals surface area (Å²) in [5.41, 5.74) is 1.71. The smallest absolute Gasteiger partial charge is 0.232 e. The number of hydrogen-bond acceptors (Lipinski definition) is 6. The summed E-state index contributed by atoms with van der Waals surface area (Å²) in [6.45, 7) is 0.526. The number of methoxy groups -OCH3 is 1. The fraction of sp³-hybridized carbons (Fsp3) is 0.429. The second kappa shape index (κ2) is 6.72. The van der Waals surface area contributed by atoms with Gasteiger partial charge in [-0.15, -0.1) is 0 Å². The minimum atomic E-state index is -0.234. The molecule has 1 amide bonds. The standard InChI is InChI=1S/C21H23N5O3/c1-25-13-16(11-22-25)26-12-14(9-18(26)27)19-23-20(24-29-19)21(7-4-8-21)15-5-3-6-17(10-15)28-2/h3,5-6,10-11,13-14H,4,7-9,12H2,1-2H3. The molecular weight excluding hydrogens is 370 g/mol. The number of aromatic nitrogens is 4. The first-order valence-corrected chi connectivity index (χ1v) is 9.87. The minimum absolute atomic E-state index is 0.0499. The minimum Gasteiger partial charge on any atom is -0.497 e. The molecule has 0 radical (unpaired) electrons. The molecule has 2 fully saturated rings. The predicted octanol–water partition coefficient (Wildman–Crippen LogP) is 2.80. The molecule has 1 saturated carbocycles. The quantitative estimate of drug-likeness (QED) is 0.663. The van der Waals surface area contributed by atoms with Crippen molar-refractivity contribution in [2.24, 2.45) is 7.05 Å². The van der Waals surface area contributed by atoms with Crippen LogP contribution in [0.2, 0.25) is 0 Å². The molecule has 1 atom stereocenters. The van der Waals surface area contributed by atoms with Crippen LogP contribution in [0.15, 0.2) is 41.2 Å². The number of amides is 1. The third kappa shape index (κ3) is 2.90. The van der Waals surface area contributed by atoms with E-state index in [0.29, 0.717) is 24.7 Å². The van der Waals surface area contributed by atoms with Gasteiger partial charge in [-0.2, -0.15) is 10.1 Å². The molecule has 1 saturated heterocycles. The molecule has 1 aromatic carbocycles. The predicted molar refractivity (Wildman–Crippen MR) is 105 cm³/mol. The second-order valence-electron chi connectivity index (χ2n) is 7.90. The van der Waals surface area contributed by atoms with E-state index in [0.717, 1.165) is 36.3 Å². The van der Waals surface area contributed by atoms with Gasteiger partial charge in [0.25, 0.3) is 0 Å². The molecular formula is C21H23N5O3. The number of carbonyl (C=O) groups excluding carboxylic acids is 1. The first-order valence-electron chi connectivity index (χ1n) is 9.87. The van der Waals surface area contributed by atoms with Crippen molar-refractivity contribution in [1.82, 2.24) is 19.9 Å². The molecule has 0 bridgehead atoms. The van der Waals surface area contributed by atoms with E-state index in [4.69, 9.17) is 14.2 Å². The highest BCUT2D eigenvalue weighted by Gasteiger charge is 2.45. The first-order chi connectivity index (χ1) is 14.1. The van der Waals surface area contributed by atoms with Gasteiger partial charge in [-0.25, -0.2) is 0 Å². The zero-order valence-electron chi connectivity index (χ0n) is 16.5. The van der Waals surface area contributed by atoms with Crippen molar-refractivity contribution in [3.8, 4) is 5.75 Å². The monoisotopic (exact) mass is 393 g/mol. The fourth-order valence-electron chi connectivity index (χ4n) is 4.36. The largest absolute Gasteiger partial charge is 0.497 e. The molecule has 29 heavy (non-hydrogen) atoms. The highest BCUT2D eigenvalue weighted by Crippen LogP contribution is 2.48. The lowest BCUT2D eigenvalue weighted by molar-refractivity contribution is -0.117.